The fourth-order valence-electron chi connectivity index (χ4n) is 8.34. The van der Waals surface area contributed by atoms with E-state index in [0.29, 0.717) is 0 Å². The molecule has 280 valence electrons. The van der Waals surface area contributed by atoms with Crippen LogP contribution in [0.5, 0.6) is 0 Å². The monoisotopic (exact) mass is 746 g/mol. The predicted molar refractivity (Wildman–Crippen MR) is 251 cm³/mol. The quantitative estimate of drug-likeness (QED) is 0.136. The first-order valence-electron chi connectivity index (χ1n) is 20.1. The van der Waals surface area contributed by atoms with Gasteiger partial charge in [0.25, 0.3) is 0 Å². The molecule has 0 radical (unpaired) electrons. The van der Waals surface area contributed by atoms with Crippen LogP contribution in [0.3, 0.4) is 0 Å². The van der Waals surface area contributed by atoms with Gasteiger partial charge >= 0.3 is 0 Å². The zero-order valence-corrected chi connectivity index (χ0v) is 33.5. The van der Waals surface area contributed by atoms with Crippen LogP contribution in [0.1, 0.15) is 33.4 Å². The maximum absolute atomic E-state index is 2.39. The lowest BCUT2D eigenvalue weighted by Crippen LogP contribution is -2.11. The Bertz CT molecular complexity index is 2870. The van der Waals surface area contributed by atoms with E-state index in [2.05, 4.69) is 244 Å². The average Bonchev–Trinajstić information content (AvgIpc) is 3.24. The number of hydrogen-bond donors (Lipinski definition) is 0. The molecule has 58 heavy (non-hydrogen) atoms. The third-order valence-electron chi connectivity index (χ3n) is 10.9. The summed E-state index contributed by atoms with van der Waals surface area (Å²) in [5, 5.41) is 4.92. The highest BCUT2D eigenvalue weighted by Crippen LogP contribution is 2.41. The van der Waals surface area contributed by atoms with E-state index in [9.17, 15) is 0 Å². The molecule has 0 aliphatic rings. The van der Waals surface area contributed by atoms with Crippen molar-refractivity contribution in [2.24, 2.45) is 0 Å². The molecule has 0 fully saturated rings. The van der Waals surface area contributed by atoms with E-state index in [-0.39, 0.29) is 0 Å². The van der Waals surface area contributed by atoms with Crippen molar-refractivity contribution in [2.45, 2.75) is 27.7 Å². The Morgan fingerprint density at radius 1 is 0.310 bits per heavy atom. The Morgan fingerprint density at radius 2 is 0.655 bits per heavy atom. The van der Waals surface area contributed by atoms with Gasteiger partial charge in [0.05, 0.1) is 11.4 Å². The number of aryl methyl sites for hydroxylation is 4. The highest BCUT2D eigenvalue weighted by molar-refractivity contribution is 6.00. The van der Waals surface area contributed by atoms with Gasteiger partial charge in [-0.05, 0) is 144 Å². The second-order valence-electron chi connectivity index (χ2n) is 15.5. The molecule has 0 N–H and O–H groups in total. The molecular weight excluding hydrogens is 701 g/mol. The molecule has 0 aromatic heterocycles. The Hall–Kier alpha value is -7.16. The Balaban J connectivity index is 0.964. The smallest absolute Gasteiger partial charge is 0.0540 e. The van der Waals surface area contributed by atoms with Gasteiger partial charge in [0.2, 0.25) is 0 Å². The topological polar surface area (TPSA) is 6.48 Å². The normalized spacial score (nSPS) is 11.4. The molecule has 0 saturated heterocycles. The molecule has 9 rings (SSSR count). The van der Waals surface area contributed by atoms with Crippen molar-refractivity contribution in [3.05, 3.63) is 228 Å². The first kappa shape index (κ1) is 36.5. The second kappa shape index (κ2) is 15.8. The number of rotatable bonds is 9. The summed E-state index contributed by atoms with van der Waals surface area (Å²) in [6.45, 7) is 8.68. The average molecular weight is 747 g/mol. The van der Waals surface area contributed by atoms with E-state index in [4.69, 9.17) is 0 Å². The highest BCUT2D eigenvalue weighted by Gasteiger charge is 2.18. The summed E-state index contributed by atoms with van der Waals surface area (Å²) in [5.74, 6) is 0. The van der Waals surface area contributed by atoms with Crippen LogP contribution in [0.4, 0.5) is 34.1 Å². The minimum Gasteiger partial charge on any atom is -0.310 e. The van der Waals surface area contributed by atoms with Crippen molar-refractivity contribution in [1.29, 1.82) is 0 Å². The molecule has 0 spiro atoms. The Kier molecular flexibility index (Phi) is 9.91. The summed E-state index contributed by atoms with van der Waals surface area (Å²) in [5.41, 5.74) is 16.6. The van der Waals surface area contributed by atoms with Crippen LogP contribution >= 0.6 is 0 Å². The van der Waals surface area contributed by atoms with Gasteiger partial charge in [-0.1, -0.05) is 146 Å². The van der Waals surface area contributed by atoms with E-state index in [1.54, 1.807) is 0 Å². The van der Waals surface area contributed by atoms with Crippen LogP contribution in [0.15, 0.2) is 194 Å². The van der Waals surface area contributed by atoms with Crippen LogP contribution in [0.2, 0.25) is 0 Å². The number of fused-ring (bicyclic) bond motifs is 2. The summed E-state index contributed by atoms with van der Waals surface area (Å²) in [7, 11) is 0. The van der Waals surface area contributed by atoms with Crippen molar-refractivity contribution in [3.63, 3.8) is 0 Å². The number of hydrogen-bond acceptors (Lipinski definition) is 2. The van der Waals surface area contributed by atoms with E-state index in [1.807, 2.05) is 0 Å². The first-order valence-corrected chi connectivity index (χ1v) is 20.1. The van der Waals surface area contributed by atoms with E-state index >= 15 is 0 Å². The van der Waals surface area contributed by atoms with E-state index < -0.39 is 0 Å². The SMILES string of the molecule is Cc1cc(C)cc(N(c2ccc(/C=C/c3ccc(-c4ccc(N(c5cc(C)cc(C)c5)c5cccc6ccccc56)cc4)cc3)cc2)c2cccc3ccccc23)c1. The van der Waals surface area contributed by atoms with Crippen LogP contribution < -0.4 is 9.80 Å². The molecule has 0 aliphatic carbocycles. The Labute approximate surface area is 342 Å². The maximum Gasteiger partial charge on any atom is 0.0540 e. The first-order chi connectivity index (χ1) is 28.4. The lowest BCUT2D eigenvalue weighted by atomic mass is 10.0. The Morgan fingerprint density at radius 3 is 1.09 bits per heavy atom. The fourth-order valence-corrected chi connectivity index (χ4v) is 8.34. The molecule has 2 nitrogen and oxygen atoms in total. The summed E-state index contributed by atoms with van der Waals surface area (Å²) in [4.78, 5) is 4.77. The molecule has 0 atom stereocenters. The van der Waals surface area contributed by atoms with Gasteiger partial charge in [0.15, 0.2) is 0 Å². The lowest BCUT2D eigenvalue weighted by molar-refractivity contribution is 1.26. The van der Waals surface area contributed by atoms with Gasteiger partial charge in [-0.2, -0.15) is 0 Å². The molecule has 0 heterocycles. The molecule has 0 aliphatic heterocycles. The van der Waals surface area contributed by atoms with Crippen molar-refractivity contribution in [1.82, 2.24) is 0 Å². The molecular formula is C56H46N2. The molecule has 2 heteroatoms. The van der Waals surface area contributed by atoms with Gasteiger partial charge in [-0.3, -0.25) is 0 Å². The molecule has 0 unspecified atom stereocenters. The van der Waals surface area contributed by atoms with E-state index in [0.717, 1.165) is 33.9 Å². The molecule has 9 aromatic carbocycles. The zero-order chi connectivity index (χ0) is 39.6. The number of nitrogens with zero attached hydrogens (tertiary/aromatic N) is 2. The van der Waals surface area contributed by atoms with Crippen molar-refractivity contribution < 1.29 is 0 Å². The van der Waals surface area contributed by atoms with E-state index in [1.165, 1.54) is 66.3 Å². The van der Waals surface area contributed by atoms with Gasteiger partial charge in [0, 0.05) is 33.5 Å². The lowest BCUT2D eigenvalue weighted by Gasteiger charge is -2.27. The molecule has 0 saturated carbocycles. The highest BCUT2D eigenvalue weighted by atomic mass is 15.1. The molecule has 9 aromatic rings. The van der Waals surface area contributed by atoms with Gasteiger partial charge in [0.1, 0.15) is 0 Å². The van der Waals surface area contributed by atoms with Gasteiger partial charge in [-0.15, -0.1) is 0 Å². The zero-order valence-electron chi connectivity index (χ0n) is 33.5. The number of benzene rings is 9. The standard InChI is InChI=1S/C56H46N2/c1-39-33-40(2)36-51(35-39)57(55-17-9-13-47-11-5-7-15-53(47)55)49-29-23-44(24-30-49)20-19-43-21-25-45(26-22-43)46-27-31-50(32-28-46)58(52-37-41(3)34-42(4)38-52)56-18-10-14-48-12-6-8-16-54(48)56/h5-38H,1-4H3/b20-19+. The number of anilines is 6. The van der Waals surface area contributed by atoms with Crippen molar-refractivity contribution in [3.8, 4) is 11.1 Å². The maximum atomic E-state index is 2.39. The minimum absolute atomic E-state index is 1.13. The summed E-state index contributed by atoms with van der Waals surface area (Å²) in [6, 6.07) is 70.6. The molecule has 0 bridgehead atoms. The van der Waals surface area contributed by atoms with Crippen LogP contribution in [0, 0.1) is 27.7 Å². The summed E-state index contributed by atoms with van der Waals surface area (Å²) in [6.07, 6.45) is 4.39. The van der Waals surface area contributed by atoms with Crippen LogP contribution in [-0.2, 0) is 0 Å². The summed E-state index contributed by atoms with van der Waals surface area (Å²) < 4.78 is 0. The third-order valence-corrected chi connectivity index (χ3v) is 10.9. The van der Waals surface area contributed by atoms with Gasteiger partial charge in [-0.25, -0.2) is 0 Å². The van der Waals surface area contributed by atoms with Crippen LogP contribution in [-0.4, -0.2) is 0 Å². The second-order valence-corrected chi connectivity index (χ2v) is 15.5. The fraction of sp³-hybridized carbons (Fsp3) is 0.0714. The van der Waals surface area contributed by atoms with Crippen molar-refractivity contribution in [2.75, 3.05) is 9.80 Å². The van der Waals surface area contributed by atoms with Crippen LogP contribution in [0.25, 0.3) is 44.8 Å². The van der Waals surface area contributed by atoms with Crippen molar-refractivity contribution >= 4 is 67.8 Å². The van der Waals surface area contributed by atoms with Gasteiger partial charge < -0.3 is 9.80 Å². The molecule has 0 amide bonds. The largest absolute Gasteiger partial charge is 0.310 e. The summed E-state index contributed by atoms with van der Waals surface area (Å²) >= 11 is 0. The predicted octanol–water partition coefficient (Wildman–Crippen LogP) is 16.0. The minimum atomic E-state index is 1.13. The third kappa shape index (κ3) is 7.53.